The Labute approximate surface area is 101 Å². The maximum atomic E-state index is 11.5. The van der Waals surface area contributed by atoms with E-state index in [1.807, 2.05) is 18.0 Å². The molecule has 86 valence electrons. The van der Waals surface area contributed by atoms with Crippen molar-refractivity contribution in [2.75, 3.05) is 7.05 Å². The molecular weight excluding hydrogens is 210 g/mol. The molecule has 0 N–H and O–H groups in total. The molecule has 17 heavy (non-hydrogen) atoms. The summed E-state index contributed by atoms with van der Waals surface area (Å²) in [7, 11) is 1.90. The fourth-order valence-electron chi connectivity index (χ4n) is 2.61. The summed E-state index contributed by atoms with van der Waals surface area (Å²) in [6.45, 7) is 0. The summed E-state index contributed by atoms with van der Waals surface area (Å²) in [4.78, 5) is 13.4. The van der Waals surface area contributed by atoms with Crippen molar-refractivity contribution < 1.29 is 4.79 Å². The van der Waals surface area contributed by atoms with Gasteiger partial charge in [-0.15, -0.1) is 0 Å². The third-order valence-electron chi connectivity index (χ3n) is 3.65. The Morgan fingerprint density at radius 1 is 1.12 bits per heavy atom. The lowest BCUT2D eigenvalue weighted by Gasteiger charge is -2.20. The van der Waals surface area contributed by atoms with Crippen molar-refractivity contribution in [2.45, 2.75) is 18.9 Å². The number of rotatable bonds is 1. The number of likely N-dealkylation sites (tertiary alicyclic amines) is 1. The molecule has 0 aliphatic carbocycles. The average Bonchev–Trinajstić information content (AvgIpc) is 2.70. The lowest BCUT2D eigenvalue weighted by Crippen LogP contribution is -2.22. The van der Waals surface area contributed by atoms with Crippen molar-refractivity contribution in [1.82, 2.24) is 4.90 Å². The Kier molecular flexibility index (Phi) is 2.36. The molecule has 1 aliphatic rings. The zero-order valence-corrected chi connectivity index (χ0v) is 9.89. The molecule has 2 heteroatoms. The van der Waals surface area contributed by atoms with Gasteiger partial charge in [-0.25, -0.2) is 0 Å². The van der Waals surface area contributed by atoms with Gasteiger partial charge in [-0.3, -0.25) is 4.79 Å². The Balaban J connectivity index is 2.04. The first-order chi connectivity index (χ1) is 8.25. The van der Waals surface area contributed by atoms with Gasteiger partial charge in [0.15, 0.2) is 0 Å². The fourth-order valence-corrected chi connectivity index (χ4v) is 2.61. The summed E-state index contributed by atoms with van der Waals surface area (Å²) in [5.41, 5.74) is 1.25. The van der Waals surface area contributed by atoms with Crippen molar-refractivity contribution in [3.8, 4) is 0 Å². The van der Waals surface area contributed by atoms with Crippen LogP contribution in [0.15, 0.2) is 42.5 Å². The van der Waals surface area contributed by atoms with Crippen LogP contribution < -0.4 is 0 Å². The highest BCUT2D eigenvalue weighted by Crippen LogP contribution is 2.32. The molecule has 0 bridgehead atoms. The van der Waals surface area contributed by atoms with Crippen molar-refractivity contribution in [1.29, 1.82) is 0 Å². The molecule has 2 nitrogen and oxygen atoms in total. The molecule has 0 spiro atoms. The number of hydrogen-bond donors (Lipinski definition) is 0. The predicted molar refractivity (Wildman–Crippen MR) is 68.7 cm³/mol. The standard InChI is InChI=1S/C15H15NO/c1-16-14(8-9-15(16)17)13-7-6-11-4-2-3-5-12(11)10-13/h2-7,10,14H,8-9H2,1H3/t14-/m1/s1. The number of nitrogens with zero attached hydrogens (tertiary/aromatic N) is 1. The van der Waals surface area contributed by atoms with Crippen LogP contribution in [0, 0.1) is 0 Å². The highest BCUT2D eigenvalue weighted by Gasteiger charge is 2.28. The fraction of sp³-hybridized carbons (Fsp3) is 0.267. The summed E-state index contributed by atoms with van der Waals surface area (Å²) < 4.78 is 0. The van der Waals surface area contributed by atoms with Crippen LogP contribution in [0.5, 0.6) is 0 Å². The first-order valence-electron chi connectivity index (χ1n) is 6.00. The summed E-state index contributed by atoms with van der Waals surface area (Å²) in [6.07, 6.45) is 1.61. The van der Waals surface area contributed by atoms with Crippen LogP contribution in [0.25, 0.3) is 10.8 Å². The van der Waals surface area contributed by atoms with Crippen LogP contribution in [0.1, 0.15) is 24.4 Å². The minimum absolute atomic E-state index is 0.253. The maximum Gasteiger partial charge on any atom is 0.222 e. The van der Waals surface area contributed by atoms with Crippen LogP contribution in [-0.2, 0) is 4.79 Å². The van der Waals surface area contributed by atoms with Crippen molar-refractivity contribution >= 4 is 16.7 Å². The Bertz CT molecular complexity index is 576. The van der Waals surface area contributed by atoms with Gasteiger partial charge in [0.1, 0.15) is 0 Å². The third kappa shape index (κ3) is 1.70. The number of carbonyl (C=O) groups excluding carboxylic acids is 1. The average molecular weight is 225 g/mol. The summed E-state index contributed by atoms with van der Waals surface area (Å²) in [6, 6.07) is 15.1. The molecule has 1 amide bonds. The van der Waals surface area contributed by atoms with Gasteiger partial charge in [0.2, 0.25) is 5.91 Å². The second kappa shape index (κ2) is 3.88. The molecule has 0 unspecified atom stereocenters. The number of fused-ring (bicyclic) bond motifs is 1. The van der Waals surface area contributed by atoms with E-state index in [1.54, 1.807) is 0 Å². The Hall–Kier alpha value is -1.83. The summed E-state index contributed by atoms with van der Waals surface area (Å²) in [5, 5.41) is 2.50. The topological polar surface area (TPSA) is 20.3 Å². The molecule has 0 saturated carbocycles. The molecule has 2 aromatic rings. The number of benzene rings is 2. The van der Waals surface area contributed by atoms with Gasteiger partial charge in [0.05, 0.1) is 6.04 Å². The van der Waals surface area contributed by atoms with Crippen molar-refractivity contribution in [2.24, 2.45) is 0 Å². The normalized spacial score (nSPS) is 20.2. The first kappa shape index (κ1) is 10.3. The Morgan fingerprint density at radius 3 is 2.59 bits per heavy atom. The van der Waals surface area contributed by atoms with Gasteiger partial charge in [-0.1, -0.05) is 36.4 Å². The summed E-state index contributed by atoms with van der Waals surface area (Å²) in [5.74, 6) is 0.253. The van der Waals surface area contributed by atoms with Gasteiger partial charge in [-0.05, 0) is 28.8 Å². The van der Waals surface area contributed by atoms with Gasteiger partial charge < -0.3 is 4.90 Å². The quantitative estimate of drug-likeness (QED) is 0.730. The van der Waals surface area contributed by atoms with E-state index in [-0.39, 0.29) is 11.9 Å². The SMILES string of the molecule is CN1C(=O)CC[C@@H]1c1ccc2ccccc2c1. The van der Waals surface area contributed by atoms with Gasteiger partial charge >= 0.3 is 0 Å². The smallest absolute Gasteiger partial charge is 0.222 e. The highest BCUT2D eigenvalue weighted by molar-refractivity contribution is 5.84. The van der Waals surface area contributed by atoms with Crippen LogP contribution >= 0.6 is 0 Å². The van der Waals surface area contributed by atoms with E-state index in [4.69, 9.17) is 0 Å². The lowest BCUT2D eigenvalue weighted by molar-refractivity contribution is -0.127. The minimum atomic E-state index is 0.253. The zero-order valence-electron chi connectivity index (χ0n) is 9.89. The number of hydrogen-bond acceptors (Lipinski definition) is 1. The van der Waals surface area contributed by atoms with E-state index in [1.165, 1.54) is 16.3 Å². The Morgan fingerprint density at radius 2 is 1.88 bits per heavy atom. The predicted octanol–water partition coefficient (Wildman–Crippen LogP) is 3.13. The molecule has 1 fully saturated rings. The highest BCUT2D eigenvalue weighted by atomic mass is 16.2. The van der Waals surface area contributed by atoms with Crippen molar-refractivity contribution in [3.63, 3.8) is 0 Å². The zero-order chi connectivity index (χ0) is 11.8. The van der Waals surface area contributed by atoms with Crippen LogP contribution in [-0.4, -0.2) is 17.9 Å². The molecule has 0 aromatic heterocycles. The van der Waals surface area contributed by atoms with E-state index in [0.29, 0.717) is 6.42 Å². The van der Waals surface area contributed by atoms with E-state index >= 15 is 0 Å². The molecule has 1 saturated heterocycles. The van der Waals surface area contributed by atoms with Crippen LogP contribution in [0.2, 0.25) is 0 Å². The molecule has 3 rings (SSSR count). The van der Waals surface area contributed by atoms with Gasteiger partial charge in [-0.2, -0.15) is 0 Å². The van der Waals surface area contributed by atoms with Crippen molar-refractivity contribution in [3.05, 3.63) is 48.0 Å². The van der Waals surface area contributed by atoms with E-state index < -0.39 is 0 Å². The molecule has 0 radical (unpaired) electrons. The largest absolute Gasteiger partial charge is 0.339 e. The molecule has 1 heterocycles. The van der Waals surface area contributed by atoms with Crippen LogP contribution in [0.3, 0.4) is 0 Å². The lowest BCUT2D eigenvalue weighted by atomic mass is 10.0. The third-order valence-corrected chi connectivity index (χ3v) is 3.65. The first-order valence-corrected chi connectivity index (χ1v) is 6.00. The maximum absolute atomic E-state index is 11.5. The molecule has 1 aliphatic heterocycles. The number of carbonyl (C=O) groups is 1. The summed E-state index contributed by atoms with van der Waals surface area (Å²) >= 11 is 0. The molecular formula is C15H15NO. The minimum Gasteiger partial charge on any atom is -0.339 e. The molecule has 2 aromatic carbocycles. The molecule has 1 atom stereocenters. The van der Waals surface area contributed by atoms with Gasteiger partial charge in [0, 0.05) is 13.5 Å². The monoisotopic (exact) mass is 225 g/mol. The van der Waals surface area contributed by atoms with Crippen LogP contribution in [0.4, 0.5) is 0 Å². The number of amides is 1. The second-order valence-electron chi connectivity index (χ2n) is 4.67. The van der Waals surface area contributed by atoms with E-state index in [0.717, 1.165) is 6.42 Å². The second-order valence-corrected chi connectivity index (χ2v) is 4.67. The van der Waals surface area contributed by atoms with E-state index in [2.05, 4.69) is 36.4 Å². The van der Waals surface area contributed by atoms with Gasteiger partial charge in [0.25, 0.3) is 0 Å². The van der Waals surface area contributed by atoms with E-state index in [9.17, 15) is 4.79 Å².